The Morgan fingerprint density at radius 3 is 1.30 bits per heavy atom. The van der Waals surface area contributed by atoms with Crippen molar-refractivity contribution < 1.29 is 28.0 Å². The Balaban J connectivity index is 3.51. The molecule has 0 aliphatic rings. The predicted octanol–water partition coefficient (Wildman–Crippen LogP) is 1.44. The molecule has 0 aliphatic carbocycles. The fourth-order valence-corrected chi connectivity index (χ4v) is 1.73. The molecular weight excluding hydrogens is 296 g/mol. The largest absolute Gasteiger partial charge is 0.460 e. The zero-order valence-electron chi connectivity index (χ0n) is 15.9. The van der Waals surface area contributed by atoms with Crippen molar-refractivity contribution in [1.29, 1.82) is 0 Å². The van der Waals surface area contributed by atoms with Gasteiger partial charge in [0, 0.05) is 12.8 Å². The summed E-state index contributed by atoms with van der Waals surface area (Å²) >= 11 is 0. The van der Waals surface area contributed by atoms with E-state index in [2.05, 4.69) is 42.3 Å². The van der Waals surface area contributed by atoms with Crippen molar-refractivity contribution in [1.82, 2.24) is 0 Å². The molecule has 0 saturated carbocycles. The Labute approximate surface area is 141 Å². The van der Waals surface area contributed by atoms with Gasteiger partial charge in [-0.3, -0.25) is 9.59 Å². The lowest BCUT2D eigenvalue weighted by atomic mass is 10.1. The van der Waals surface area contributed by atoms with E-state index in [9.17, 15) is 9.59 Å². The topological polar surface area (TPSA) is 52.6 Å². The molecular formula is C17H36N2O4+2. The first kappa shape index (κ1) is 21.9. The van der Waals surface area contributed by atoms with Gasteiger partial charge < -0.3 is 18.4 Å². The lowest BCUT2D eigenvalue weighted by molar-refractivity contribution is -0.870. The van der Waals surface area contributed by atoms with Gasteiger partial charge in [-0.25, -0.2) is 0 Å². The molecule has 23 heavy (non-hydrogen) atoms. The Hall–Kier alpha value is -1.14. The summed E-state index contributed by atoms with van der Waals surface area (Å²) in [4.78, 5) is 23.1. The van der Waals surface area contributed by atoms with Crippen molar-refractivity contribution in [3.63, 3.8) is 0 Å². The third-order valence-electron chi connectivity index (χ3n) is 3.31. The number of carbonyl (C=O) groups excluding carboxylic acids is 2. The lowest BCUT2D eigenvalue weighted by Crippen LogP contribution is -2.38. The van der Waals surface area contributed by atoms with Crippen LogP contribution < -0.4 is 0 Å². The van der Waals surface area contributed by atoms with E-state index in [-0.39, 0.29) is 11.9 Å². The summed E-state index contributed by atoms with van der Waals surface area (Å²) in [5.74, 6) is -0.298. The molecule has 0 aromatic carbocycles. The summed E-state index contributed by atoms with van der Waals surface area (Å²) in [6, 6.07) is 0. The number of hydrogen-bond acceptors (Lipinski definition) is 4. The highest BCUT2D eigenvalue weighted by Crippen LogP contribution is 2.05. The minimum Gasteiger partial charge on any atom is -0.460 e. The molecule has 0 radical (unpaired) electrons. The summed E-state index contributed by atoms with van der Waals surface area (Å²) in [6.45, 7) is 2.54. The Kier molecular flexibility index (Phi) is 10.1. The van der Waals surface area contributed by atoms with Crippen LogP contribution in [-0.4, -0.2) is 89.5 Å². The molecule has 0 aromatic rings. The van der Waals surface area contributed by atoms with Crippen LogP contribution in [-0.2, 0) is 19.1 Å². The SMILES string of the molecule is C[N+](C)(C)CCOC(=O)CCCCCC(=O)OCC[N+](C)(C)C. The fraction of sp³-hybridized carbons (Fsp3) is 0.882. The van der Waals surface area contributed by atoms with Gasteiger partial charge in [-0.2, -0.15) is 0 Å². The standard InChI is InChI=1S/C17H36N2O4/c1-18(2,3)12-14-22-16(20)10-8-7-9-11-17(21)23-15-13-19(4,5)6/h7-15H2,1-6H3/q+2. The second-order valence-corrected chi connectivity index (χ2v) is 8.03. The maximum absolute atomic E-state index is 11.5. The molecule has 0 rings (SSSR count). The van der Waals surface area contributed by atoms with Gasteiger partial charge in [-0.15, -0.1) is 0 Å². The molecule has 0 spiro atoms. The average Bonchev–Trinajstić information content (AvgIpc) is 2.35. The highest BCUT2D eigenvalue weighted by molar-refractivity contribution is 5.69. The lowest BCUT2D eigenvalue weighted by Gasteiger charge is -2.23. The van der Waals surface area contributed by atoms with E-state index in [0.717, 1.165) is 41.3 Å². The van der Waals surface area contributed by atoms with Crippen LogP contribution in [0.4, 0.5) is 0 Å². The number of carbonyl (C=O) groups is 2. The number of hydrogen-bond donors (Lipinski definition) is 0. The molecule has 0 saturated heterocycles. The van der Waals surface area contributed by atoms with E-state index in [4.69, 9.17) is 9.47 Å². The molecule has 0 heterocycles. The summed E-state index contributed by atoms with van der Waals surface area (Å²) in [5.41, 5.74) is 0. The Morgan fingerprint density at radius 1 is 0.652 bits per heavy atom. The summed E-state index contributed by atoms with van der Waals surface area (Å²) in [6.07, 6.45) is 3.21. The normalized spacial score (nSPS) is 12.1. The maximum Gasteiger partial charge on any atom is 0.305 e. The van der Waals surface area contributed by atoms with Gasteiger partial charge in [0.2, 0.25) is 0 Å². The van der Waals surface area contributed by atoms with Crippen LogP contribution in [0.25, 0.3) is 0 Å². The van der Waals surface area contributed by atoms with Crippen LogP contribution in [0.5, 0.6) is 0 Å². The van der Waals surface area contributed by atoms with Crippen LogP contribution in [0, 0.1) is 0 Å². The Morgan fingerprint density at radius 2 is 1.00 bits per heavy atom. The van der Waals surface area contributed by atoms with Gasteiger partial charge in [0.05, 0.1) is 42.3 Å². The van der Waals surface area contributed by atoms with E-state index in [1.54, 1.807) is 0 Å². The number of quaternary nitrogens is 2. The minimum atomic E-state index is -0.149. The van der Waals surface area contributed by atoms with Crippen LogP contribution in [0.15, 0.2) is 0 Å². The molecule has 0 bridgehead atoms. The number of ether oxygens (including phenoxy) is 2. The molecule has 0 aromatic heterocycles. The second kappa shape index (κ2) is 10.6. The first-order chi connectivity index (χ1) is 10.5. The molecule has 0 N–H and O–H groups in total. The third kappa shape index (κ3) is 17.1. The minimum absolute atomic E-state index is 0.149. The molecule has 136 valence electrons. The van der Waals surface area contributed by atoms with E-state index in [0.29, 0.717) is 26.1 Å². The zero-order chi connectivity index (χ0) is 17.9. The molecule has 6 heteroatoms. The van der Waals surface area contributed by atoms with E-state index in [1.807, 2.05) is 0 Å². The molecule has 0 amide bonds. The molecule has 0 fully saturated rings. The quantitative estimate of drug-likeness (QED) is 0.308. The smallest absolute Gasteiger partial charge is 0.305 e. The van der Waals surface area contributed by atoms with Crippen molar-refractivity contribution in [3.8, 4) is 0 Å². The van der Waals surface area contributed by atoms with Crippen molar-refractivity contribution in [2.24, 2.45) is 0 Å². The highest BCUT2D eigenvalue weighted by atomic mass is 16.5. The number of likely N-dealkylation sites (N-methyl/N-ethyl adjacent to an activating group) is 2. The van der Waals surface area contributed by atoms with Crippen molar-refractivity contribution in [3.05, 3.63) is 0 Å². The molecule has 0 aliphatic heterocycles. The first-order valence-corrected chi connectivity index (χ1v) is 8.42. The van der Waals surface area contributed by atoms with Gasteiger partial charge in [0.1, 0.15) is 26.3 Å². The summed E-state index contributed by atoms with van der Waals surface area (Å²) in [7, 11) is 12.4. The second-order valence-electron chi connectivity index (χ2n) is 8.03. The number of unbranched alkanes of at least 4 members (excludes halogenated alkanes) is 2. The molecule has 0 unspecified atom stereocenters. The number of rotatable bonds is 12. The van der Waals surface area contributed by atoms with Crippen LogP contribution >= 0.6 is 0 Å². The Bertz CT molecular complexity index is 323. The fourth-order valence-electron chi connectivity index (χ4n) is 1.73. The van der Waals surface area contributed by atoms with Gasteiger partial charge in [-0.05, 0) is 12.8 Å². The van der Waals surface area contributed by atoms with Crippen molar-refractivity contribution in [2.45, 2.75) is 32.1 Å². The molecule has 0 atom stereocenters. The highest BCUT2D eigenvalue weighted by Gasteiger charge is 2.11. The van der Waals surface area contributed by atoms with E-state index < -0.39 is 0 Å². The van der Waals surface area contributed by atoms with Gasteiger partial charge in [-0.1, -0.05) is 6.42 Å². The van der Waals surface area contributed by atoms with Gasteiger partial charge in [0.25, 0.3) is 0 Å². The van der Waals surface area contributed by atoms with Crippen LogP contribution in [0.1, 0.15) is 32.1 Å². The summed E-state index contributed by atoms with van der Waals surface area (Å²) in [5, 5.41) is 0. The summed E-state index contributed by atoms with van der Waals surface area (Å²) < 4.78 is 11.9. The van der Waals surface area contributed by atoms with E-state index >= 15 is 0 Å². The predicted molar refractivity (Wildman–Crippen MR) is 90.8 cm³/mol. The van der Waals surface area contributed by atoms with Crippen molar-refractivity contribution in [2.75, 3.05) is 68.6 Å². The van der Waals surface area contributed by atoms with Gasteiger partial charge >= 0.3 is 11.9 Å². The average molecular weight is 332 g/mol. The molecule has 6 nitrogen and oxygen atoms in total. The van der Waals surface area contributed by atoms with E-state index in [1.165, 1.54) is 0 Å². The van der Waals surface area contributed by atoms with Gasteiger partial charge in [0.15, 0.2) is 0 Å². The number of nitrogens with zero attached hydrogens (tertiary/aromatic N) is 2. The maximum atomic E-state index is 11.5. The van der Waals surface area contributed by atoms with Crippen molar-refractivity contribution >= 4 is 11.9 Å². The monoisotopic (exact) mass is 332 g/mol. The zero-order valence-corrected chi connectivity index (χ0v) is 15.9. The number of esters is 2. The van der Waals surface area contributed by atoms with Crippen LogP contribution in [0.3, 0.4) is 0 Å². The third-order valence-corrected chi connectivity index (χ3v) is 3.31. The van der Waals surface area contributed by atoms with Crippen LogP contribution in [0.2, 0.25) is 0 Å². The first-order valence-electron chi connectivity index (χ1n) is 8.42.